The van der Waals surface area contributed by atoms with E-state index in [2.05, 4.69) is 15.6 Å². The molecule has 2 rings (SSSR count). The molecule has 0 aromatic heterocycles. The highest BCUT2D eigenvalue weighted by Gasteiger charge is 2.13. The largest absolute Gasteiger partial charge is 0.496 e. The zero-order chi connectivity index (χ0) is 19.6. The number of halogens is 2. The lowest BCUT2D eigenvalue weighted by Gasteiger charge is -2.17. The summed E-state index contributed by atoms with van der Waals surface area (Å²) in [5.41, 5.74) is 1.51. The van der Waals surface area contributed by atoms with E-state index in [9.17, 15) is 4.39 Å². The lowest BCUT2D eigenvalue weighted by molar-refractivity contribution is 0.368. The van der Waals surface area contributed by atoms with Gasteiger partial charge in [0.2, 0.25) is 0 Å². The molecular formula is C20H27FIN3O3. The number of hydrogen-bond acceptors (Lipinski definition) is 4. The first kappa shape index (κ1) is 23.8. The zero-order valence-electron chi connectivity index (χ0n) is 16.5. The van der Waals surface area contributed by atoms with Crippen molar-refractivity contribution in [3.05, 3.63) is 53.3 Å². The van der Waals surface area contributed by atoms with Crippen molar-refractivity contribution < 1.29 is 18.6 Å². The fourth-order valence-electron chi connectivity index (χ4n) is 2.66. The van der Waals surface area contributed by atoms with Gasteiger partial charge in [-0.25, -0.2) is 4.39 Å². The molecule has 2 aromatic rings. The van der Waals surface area contributed by atoms with Crippen molar-refractivity contribution in [1.29, 1.82) is 0 Å². The van der Waals surface area contributed by atoms with E-state index in [0.717, 1.165) is 5.56 Å². The Hall–Kier alpha value is -2.23. The van der Waals surface area contributed by atoms with E-state index in [4.69, 9.17) is 14.2 Å². The molecule has 0 saturated heterocycles. The van der Waals surface area contributed by atoms with Gasteiger partial charge in [-0.2, -0.15) is 0 Å². The summed E-state index contributed by atoms with van der Waals surface area (Å²) in [5, 5.41) is 6.40. The molecule has 2 aromatic carbocycles. The molecule has 0 radical (unpaired) electrons. The smallest absolute Gasteiger partial charge is 0.191 e. The maximum absolute atomic E-state index is 13.7. The Morgan fingerprint density at radius 1 is 1.00 bits per heavy atom. The van der Waals surface area contributed by atoms with Crippen LogP contribution in [0.15, 0.2) is 41.4 Å². The van der Waals surface area contributed by atoms with Crippen LogP contribution in [0.25, 0.3) is 0 Å². The van der Waals surface area contributed by atoms with E-state index in [0.29, 0.717) is 48.3 Å². The zero-order valence-corrected chi connectivity index (χ0v) is 18.9. The van der Waals surface area contributed by atoms with Gasteiger partial charge in [-0.3, -0.25) is 4.99 Å². The van der Waals surface area contributed by atoms with Crippen molar-refractivity contribution in [2.24, 2.45) is 4.99 Å². The van der Waals surface area contributed by atoms with Crippen molar-refractivity contribution in [3.63, 3.8) is 0 Å². The topological polar surface area (TPSA) is 64.1 Å². The normalized spacial score (nSPS) is 10.7. The lowest BCUT2D eigenvalue weighted by Crippen LogP contribution is -2.38. The van der Waals surface area contributed by atoms with Crippen molar-refractivity contribution >= 4 is 29.9 Å². The first-order valence-electron chi connectivity index (χ1n) is 8.59. The first-order valence-corrected chi connectivity index (χ1v) is 8.59. The average Bonchev–Trinajstić information content (AvgIpc) is 2.71. The van der Waals surface area contributed by atoms with Gasteiger partial charge in [0.1, 0.15) is 23.1 Å². The van der Waals surface area contributed by atoms with Gasteiger partial charge in [-0.05, 0) is 18.1 Å². The molecule has 0 saturated carbocycles. The highest BCUT2D eigenvalue weighted by atomic mass is 127. The summed E-state index contributed by atoms with van der Waals surface area (Å²) in [4.78, 5) is 4.20. The minimum Gasteiger partial charge on any atom is -0.496 e. The van der Waals surface area contributed by atoms with Crippen LogP contribution in [-0.4, -0.2) is 40.9 Å². The van der Waals surface area contributed by atoms with Gasteiger partial charge in [0.25, 0.3) is 0 Å². The number of aliphatic imine (C=N–C) groups is 1. The fraction of sp³-hybridized carbons (Fsp3) is 0.350. The lowest BCUT2D eigenvalue weighted by atomic mass is 10.1. The summed E-state index contributed by atoms with van der Waals surface area (Å²) in [7, 11) is 6.47. The number of guanidine groups is 1. The molecule has 0 bridgehead atoms. The molecule has 0 aliphatic heterocycles. The van der Waals surface area contributed by atoms with Gasteiger partial charge in [0.05, 0.1) is 33.4 Å². The molecule has 0 unspecified atom stereocenters. The quantitative estimate of drug-likeness (QED) is 0.329. The van der Waals surface area contributed by atoms with Gasteiger partial charge in [0, 0.05) is 25.7 Å². The summed E-state index contributed by atoms with van der Waals surface area (Å²) < 4.78 is 29.8. The minimum absolute atomic E-state index is 0. The van der Waals surface area contributed by atoms with E-state index in [-0.39, 0.29) is 29.8 Å². The summed E-state index contributed by atoms with van der Waals surface area (Å²) in [6, 6.07) is 10.4. The number of nitrogens with one attached hydrogen (secondary N) is 2. The third-order valence-corrected chi connectivity index (χ3v) is 4.12. The standard InChI is InChI=1S/C20H26FN3O3.HI/c1-22-20(23-10-9-14-7-5-6-8-17(14)21)24-13-16-18(26-3)11-15(25-2)12-19(16)27-4;/h5-8,11-12H,9-10,13H2,1-4H3,(H2,22,23,24);1H. The van der Waals surface area contributed by atoms with Crippen LogP contribution in [0.5, 0.6) is 17.2 Å². The molecule has 0 spiro atoms. The Balaban J connectivity index is 0.00000392. The molecule has 154 valence electrons. The van der Waals surface area contributed by atoms with Crippen LogP contribution in [0.3, 0.4) is 0 Å². The Bertz CT molecular complexity index is 762. The second-order valence-corrected chi connectivity index (χ2v) is 5.70. The summed E-state index contributed by atoms with van der Waals surface area (Å²) >= 11 is 0. The van der Waals surface area contributed by atoms with Gasteiger partial charge in [0.15, 0.2) is 5.96 Å². The van der Waals surface area contributed by atoms with E-state index in [1.54, 1.807) is 52.6 Å². The van der Waals surface area contributed by atoms with Crippen LogP contribution in [0.2, 0.25) is 0 Å². The van der Waals surface area contributed by atoms with Gasteiger partial charge in [-0.15, -0.1) is 24.0 Å². The number of rotatable bonds is 8. The van der Waals surface area contributed by atoms with Crippen molar-refractivity contribution in [2.75, 3.05) is 34.9 Å². The van der Waals surface area contributed by atoms with E-state index < -0.39 is 0 Å². The third-order valence-electron chi connectivity index (χ3n) is 4.12. The molecule has 6 nitrogen and oxygen atoms in total. The van der Waals surface area contributed by atoms with E-state index >= 15 is 0 Å². The predicted molar refractivity (Wildman–Crippen MR) is 120 cm³/mol. The monoisotopic (exact) mass is 503 g/mol. The maximum Gasteiger partial charge on any atom is 0.191 e. The highest BCUT2D eigenvalue weighted by molar-refractivity contribution is 14.0. The molecule has 0 aliphatic rings. The predicted octanol–water partition coefficient (Wildman–Crippen LogP) is 3.38. The maximum atomic E-state index is 13.7. The summed E-state index contributed by atoms with van der Waals surface area (Å²) in [5.74, 6) is 2.36. The van der Waals surface area contributed by atoms with Crippen molar-refractivity contribution in [3.8, 4) is 17.2 Å². The second-order valence-electron chi connectivity index (χ2n) is 5.70. The Labute approximate surface area is 182 Å². The molecule has 28 heavy (non-hydrogen) atoms. The Morgan fingerprint density at radius 2 is 1.64 bits per heavy atom. The third kappa shape index (κ3) is 6.43. The number of benzene rings is 2. The number of nitrogens with zero attached hydrogens (tertiary/aromatic N) is 1. The SMILES string of the molecule is CN=C(NCCc1ccccc1F)NCc1c(OC)cc(OC)cc1OC.I. The van der Waals surface area contributed by atoms with Gasteiger partial charge >= 0.3 is 0 Å². The second kappa shape index (κ2) is 12.3. The van der Waals surface area contributed by atoms with Crippen molar-refractivity contribution in [2.45, 2.75) is 13.0 Å². The van der Waals surface area contributed by atoms with Crippen LogP contribution >= 0.6 is 24.0 Å². The Morgan fingerprint density at radius 3 is 2.18 bits per heavy atom. The van der Waals surface area contributed by atoms with Gasteiger partial charge in [-0.1, -0.05) is 18.2 Å². The minimum atomic E-state index is -0.199. The number of ether oxygens (including phenoxy) is 3. The highest BCUT2D eigenvalue weighted by Crippen LogP contribution is 2.33. The Kier molecular flexibility index (Phi) is 10.4. The van der Waals surface area contributed by atoms with Crippen molar-refractivity contribution in [1.82, 2.24) is 10.6 Å². The van der Waals surface area contributed by atoms with E-state index in [1.807, 2.05) is 6.07 Å². The summed E-state index contributed by atoms with van der Waals surface area (Å²) in [6.07, 6.45) is 0.558. The average molecular weight is 503 g/mol. The number of hydrogen-bond donors (Lipinski definition) is 2. The molecule has 8 heteroatoms. The van der Waals surface area contributed by atoms with Crippen LogP contribution in [0.4, 0.5) is 4.39 Å². The molecule has 0 aliphatic carbocycles. The molecule has 0 fully saturated rings. The summed E-state index contributed by atoms with van der Waals surface area (Å²) in [6.45, 7) is 0.993. The number of methoxy groups -OCH3 is 3. The first-order chi connectivity index (χ1) is 13.1. The van der Waals surface area contributed by atoms with Crippen LogP contribution in [0.1, 0.15) is 11.1 Å². The van der Waals surface area contributed by atoms with Crippen LogP contribution in [0, 0.1) is 5.82 Å². The molecule has 0 amide bonds. The van der Waals surface area contributed by atoms with Crippen LogP contribution < -0.4 is 24.8 Å². The molecule has 2 N–H and O–H groups in total. The van der Waals surface area contributed by atoms with Crippen LogP contribution in [-0.2, 0) is 13.0 Å². The van der Waals surface area contributed by atoms with Gasteiger partial charge < -0.3 is 24.8 Å². The molecular weight excluding hydrogens is 476 g/mol. The van der Waals surface area contributed by atoms with E-state index in [1.165, 1.54) is 6.07 Å². The fourth-order valence-corrected chi connectivity index (χ4v) is 2.66. The molecule has 0 heterocycles. The molecule has 0 atom stereocenters.